The van der Waals surface area contributed by atoms with E-state index in [-0.39, 0.29) is 22.4 Å². The summed E-state index contributed by atoms with van der Waals surface area (Å²) in [5, 5.41) is 21.7. The van der Waals surface area contributed by atoms with E-state index in [1.54, 1.807) is 0 Å². The van der Waals surface area contributed by atoms with Crippen LogP contribution in [0.25, 0.3) is 11.5 Å². The van der Waals surface area contributed by atoms with Crippen molar-refractivity contribution in [3.8, 4) is 17.2 Å². The molecule has 144 valence electrons. The predicted molar refractivity (Wildman–Crippen MR) is 106 cm³/mol. The van der Waals surface area contributed by atoms with Gasteiger partial charge >= 0.3 is 0 Å². The molecule has 0 bridgehead atoms. The molecule has 0 aliphatic rings. The highest BCUT2D eigenvalue weighted by Gasteiger charge is 2.18. The molecule has 11 heteroatoms. The molecule has 0 unspecified atom stereocenters. The number of carbonyl (C=O) groups excluding carboxylic acids is 1. The van der Waals surface area contributed by atoms with E-state index in [1.807, 2.05) is 24.3 Å². The summed E-state index contributed by atoms with van der Waals surface area (Å²) < 4.78 is 11.4. The fourth-order valence-corrected chi connectivity index (χ4v) is 3.01. The summed E-state index contributed by atoms with van der Waals surface area (Å²) in [6.45, 7) is 0. The summed E-state index contributed by atoms with van der Waals surface area (Å²) in [4.78, 5) is 22.7. The molecule has 0 spiro atoms. The number of halogens is 1. The summed E-state index contributed by atoms with van der Waals surface area (Å²) >= 11 is 4.38. The van der Waals surface area contributed by atoms with Crippen LogP contribution < -0.4 is 10.1 Å². The van der Waals surface area contributed by atoms with E-state index >= 15 is 0 Å². The second-order valence-corrected chi connectivity index (χ2v) is 7.20. The van der Waals surface area contributed by atoms with Crippen LogP contribution in [0, 0.1) is 10.1 Å². The van der Waals surface area contributed by atoms with E-state index in [0.29, 0.717) is 11.6 Å². The number of methoxy groups -OCH3 is 1. The molecule has 0 fully saturated rings. The van der Waals surface area contributed by atoms with Crippen molar-refractivity contribution in [1.29, 1.82) is 0 Å². The van der Waals surface area contributed by atoms with Crippen molar-refractivity contribution in [1.82, 2.24) is 10.2 Å². The van der Waals surface area contributed by atoms with E-state index in [9.17, 15) is 14.9 Å². The lowest BCUT2D eigenvalue weighted by molar-refractivity contribution is -0.384. The monoisotopic (exact) mass is 464 g/mol. The molecule has 1 heterocycles. The van der Waals surface area contributed by atoms with Gasteiger partial charge in [0.1, 0.15) is 11.4 Å². The number of carbonyl (C=O) groups is 1. The molecule has 0 aliphatic carbocycles. The number of aromatic nitrogens is 2. The van der Waals surface area contributed by atoms with E-state index < -0.39 is 10.8 Å². The Bertz CT molecular complexity index is 1010. The standard InChI is InChI=1S/C17H13BrN4O5S/c1-26-12-6-7-13(14(8-12)22(24)25)19-15(23)9-28-17-21-20-16(27-17)10-2-4-11(18)5-3-10/h2-8H,9H2,1H3,(H,19,23). The molecule has 3 rings (SSSR count). The van der Waals surface area contributed by atoms with Crippen molar-refractivity contribution < 1.29 is 18.9 Å². The Labute approximate surface area is 171 Å². The van der Waals surface area contributed by atoms with Crippen LogP contribution in [0.5, 0.6) is 5.75 Å². The average Bonchev–Trinajstić information content (AvgIpc) is 3.16. The first-order valence-corrected chi connectivity index (χ1v) is 9.58. The van der Waals surface area contributed by atoms with Gasteiger partial charge in [0, 0.05) is 10.0 Å². The van der Waals surface area contributed by atoms with Crippen LogP contribution in [-0.4, -0.2) is 33.9 Å². The van der Waals surface area contributed by atoms with Crippen LogP contribution in [0.3, 0.4) is 0 Å². The summed E-state index contributed by atoms with van der Waals surface area (Å²) in [5.41, 5.74) is 0.575. The summed E-state index contributed by atoms with van der Waals surface area (Å²) in [6.07, 6.45) is 0. The number of hydrogen-bond donors (Lipinski definition) is 1. The summed E-state index contributed by atoms with van der Waals surface area (Å²) in [6, 6.07) is 11.5. The lowest BCUT2D eigenvalue weighted by Crippen LogP contribution is -2.15. The van der Waals surface area contributed by atoms with Gasteiger partial charge in [0.15, 0.2) is 0 Å². The zero-order chi connectivity index (χ0) is 20.1. The van der Waals surface area contributed by atoms with Gasteiger partial charge in [0.05, 0.1) is 23.9 Å². The lowest BCUT2D eigenvalue weighted by atomic mass is 10.2. The van der Waals surface area contributed by atoms with Gasteiger partial charge in [0.25, 0.3) is 10.9 Å². The van der Waals surface area contributed by atoms with Gasteiger partial charge < -0.3 is 14.5 Å². The summed E-state index contributed by atoms with van der Waals surface area (Å²) in [7, 11) is 1.40. The smallest absolute Gasteiger partial charge is 0.296 e. The Morgan fingerprint density at radius 1 is 1.29 bits per heavy atom. The number of ether oxygens (including phenoxy) is 1. The van der Waals surface area contributed by atoms with Crippen LogP contribution in [-0.2, 0) is 4.79 Å². The molecule has 9 nitrogen and oxygen atoms in total. The topological polar surface area (TPSA) is 120 Å². The third kappa shape index (κ3) is 4.87. The number of hydrogen-bond acceptors (Lipinski definition) is 8. The number of nitrogens with zero attached hydrogens (tertiary/aromatic N) is 3. The first-order chi connectivity index (χ1) is 13.5. The Morgan fingerprint density at radius 2 is 2.04 bits per heavy atom. The second-order valence-electron chi connectivity index (χ2n) is 5.36. The molecule has 1 N–H and O–H groups in total. The molecule has 1 aromatic heterocycles. The Morgan fingerprint density at radius 3 is 2.71 bits per heavy atom. The maximum absolute atomic E-state index is 12.1. The number of benzene rings is 2. The van der Waals surface area contributed by atoms with Gasteiger partial charge in [-0.2, -0.15) is 0 Å². The molecule has 2 aromatic carbocycles. The second kappa shape index (κ2) is 8.85. The molecule has 1 amide bonds. The fourth-order valence-electron chi connectivity index (χ4n) is 2.19. The van der Waals surface area contributed by atoms with Gasteiger partial charge in [-0.25, -0.2) is 0 Å². The van der Waals surface area contributed by atoms with Crippen LogP contribution >= 0.6 is 27.7 Å². The fraction of sp³-hybridized carbons (Fsp3) is 0.118. The number of anilines is 1. The number of amides is 1. The van der Waals surface area contributed by atoms with E-state index in [4.69, 9.17) is 9.15 Å². The highest BCUT2D eigenvalue weighted by atomic mass is 79.9. The molecule has 0 saturated heterocycles. The van der Waals surface area contributed by atoms with Crippen molar-refractivity contribution >= 4 is 45.0 Å². The van der Waals surface area contributed by atoms with Crippen molar-refractivity contribution in [2.75, 3.05) is 18.2 Å². The predicted octanol–water partition coefficient (Wildman–Crippen LogP) is 4.15. The largest absolute Gasteiger partial charge is 0.496 e. The number of nitro benzene ring substituents is 1. The first kappa shape index (κ1) is 19.8. The van der Waals surface area contributed by atoms with E-state index in [1.165, 1.54) is 25.3 Å². The zero-order valence-corrected chi connectivity index (χ0v) is 16.8. The number of nitrogens with one attached hydrogen (secondary N) is 1. The van der Waals surface area contributed by atoms with Crippen molar-refractivity contribution in [2.45, 2.75) is 5.22 Å². The molecule has 0 radical (unpaired) electrons. The van der Waals surface area contributed by atoms with Gasteiger partial charge in [-0.3, -0.25) is 14.9 Å². The quantitative estimate of drug-likeness (QED) is 0.314. The highest BCUT2D eigenvalue weighted by molar-refractivity contribution is 9.10. The Hall–Kier alpha value is -2.92. The van der Waals surface area contributed by atoms with Crippen LogP contribution in [0.1, 0.15) is 0 Å². The molecule has 28 heavy (non-hydrogen) atoms. The van der Waals surface area contributed by atoms with Crippen LogP contribution in [0.15, 0.2) is 56.6 Å². The van der Waals surface area contributed by atoms with Crippen molar-refractivity contribution in [2.24, 2.45) is 0 Å². The number of thioether (sulfide) groups is 1. The average molecular weight is 465 g/mol. The molecule has 0 atom stereocenters. The van der Waals surface area contributed by atoms with E-state index in [2.05, 4.69) is 31.4 Å². The highest BCUT2D eigenvalue weighted by Crippen LogP contribution is 2.29. The maximum atomic E-state index is 12.1. The first-order valence-electron chi connectivity index (χ1n) is 7.81. The SMILES string of the molecule is COc1ccc(NC(=O)CSc2nnc(-c3ccc(Br)cc3)o2)c([N+](=O)[O-])c1. The molecule has 0 aliphatic heterocycles. The van der Waals surface area contributed by atoms with Gasteiger partial charge in [0.2, 0.25) is 11.8 Å². The van der Waals surface area contributed by atoms with Gasteiger partial charge in [-0.15, -0.1) is 10.2 Å². The zero-order valence-electron chi connectivity index (χ0n) is 14.4. The minimum Gasteiger partial charge on any atom is -0.496 e. The number of rotatable bonds is 7. The minimum atomic E-state index is -0.590. The Balaban J connectivity index is 1.62. The number of nitro groups is 1. The third-order valence-electron chi connectivity index (χ3n) is 3.50. The lowest BCUT2D eigenvalue weighted by Gasteiger charge is -2.06. The molecule has 3 aromatic rings. The Kier molecular flexibility index (Phi) is 6.26. The van der Waals surface area contributed by atoms with Gasteiger partial charge in [-0.05, 0) is 36.4 Å². The minimum absolute atomic E-state index is 0.0504. The molecular weight excluding hydrogens is 452 g/mol. The normalized spacial score (nSPS) is 10.5. The van der Waals surface area contributed by atoms with Gasteiger partial charge in [-0.1, -0.05) is 27.7 Å². The van der Waals surface area contributed by atoms with Crippen LogP contribution in [0.4, 0.5) is 11.4 Å². The van der Waals surface area contributed by atoms with Crippen LogP contribution in [0.2, 0.25) is 0 Å². The third-order valence-corrected chi connectivity index (χ3v) is 4.85. The molecular formula is C17H13BrN4O5S. The van der Waals surface area contributed by atoms with Crippen molar-refractivity contribution in [3.05, 3.63) is 57.1 Å². The van der Waals surface area contributed by atoms with Crippen molar-refractivity contribution in [3.63, 3.8) is 0 Å². The summed E-state index contributed by atoms with van der Waals surface area (Å²) in [5.74, 6) is 0.166. The van der Waals surface area contributed by atoms with E-state index in [0.717, 1.165) is 21.8 Å². The molecule has 0 saturated carbocycles. The maximum Gasteiger partial charge on any atom is 0.296 e.